The molecule has 1 aliphatic rings. The van der Waals surface area contributed by atoms with Crippen LogP contribution in [0.2, 0.25) is 0 Å². The Morgan fingerprint density at radius 3 is 2.92 bits per heavy atom. The Kier molecular flexibility index (Phi) is 4.85. The van der Waals surface area contributed by atoms with E-state index in [2.05, 4.69) is 11.1 Å². The molecule has 0 N–H and O–H groups in total. The van der Waals surface area contributed by atoms with E-state index in [1.165, 1.54) is 12.1 Å². The summed E-state index contributed by atoms with van der Waals surface area (Å²) in [6.45, 7) is 0.784. The summed E-state index contributed by atoms with van der Waals surface area (Å²) in [7, 11) is 0. The number of nitrogens with zero attached hydrogens (tertiary/aromatic N) is 3. The second kappa shape index (κ2) is 7.22. The predicted octanol–water partition coefficient (Wildman–Crippen LogP) is 3.27. The van der Waals surface area contributed by atoms with Crippen molar-refractivity contribution in [3.05, 3.63) is 65.7 Å². The molecule has 2 aromatic rings. The van der Waals surface area contributed by atoms with E-state index in [1.54, 1.807) is 17.2 Å². The van der Waals surface area contributed by atoms with Crippen molar-refractivity contribution in [1.82, 2.24) is 9.88 Å². The van der Waals surface area contributed by atoms with Crippen LogP contribution in [0.3, 0.4) is 0 Å². The number of carbonyl (C=O) groups is 1. The van der Waals surface area contributed by atoms with Gasteiger partial charge in [-0.05, 0) is 42.2 Å². The fourth-order valence-electron chi connectivity index (χ4n) is 2.95. The minimum absolute atomic E-state index is 0.0187. The average molecular weight is 323 g/mol. The quantitative estimate of drug-likeness (QED) is 0.820. The average Bonchev–Trinajstić information content (AvgIpc) is 3.39. The number of nitriles is 1. The van der Waals surface area contributed by atoms with Crippen LogP contribution in [0.1, 0.15) is 30.0 Å². The number of aromatic nitrogens is 1. The van der Waals surface area contributed by atoms with Crippen molar-refractivity contribution < 1.29 is 9.18 Å². The zero-order valence-corrected chi connectivity index (χ0v) is 13.2. The van der Waals surface area contributed by atoms with E-state index in [1.807, 2.05) is 24.3 Å². The predicted molar refractivity (Wildman–Crippen MR) is 87.1 cm³/mol. The lowest BCUT2D eigenvalue weighted by Gasteiger charge is -2.21. The number of rotatable bonds is 6. The number of carbonyl (C=O) groups excluding carboxylic acids is 1. The third kappa shape index (κ3) is 3.77. The van der Waals surface area contributed by atoms with Crippen LogP contribution >= 0.6 is 0 Å². The number of amides is 1. The highest BCUT2D eigenvalue weighted by atomic mass is 19.1. The molecule has 24 heavy (non-hydrogen) atoms. The van der Waals surface area contributed by atoms with Crippen LogP contribution in [0.25, 0.3) is 0 Å². The van der Waals surface area contributed by atoms with Gasteiger partial charge in [-0.15, -0.1) is 0 Å². The third-order valence-corrected chi connectivity index (χ3v) is 4.27. The Labute approximate surface area is 140 Å². The monoisotopic (exact) mass is 323 g/mol. The number of hydrogen-bond acceptors (Lipinski definition) is 3. The maximum Gasteiger partial charge on any atom is 0.226 e. The van der Waals surface area contributed by atoms with Gasteiger partial charge in [0.25, 0.3) is 0 Å². The zero-order chi connectivity index (χ0) is 16.9. The van der Waals surface area contributed by atoms with Gasteiger partial charge in [-0.25, -0.2) is 4.39 Å². The number of hydrogen-bond donors (Lipinski definition) is 0. The summed E-state index contributed by atoms with van der Waals surface area (Å²) < 4.78 is 13.4. The lowest BCUT2D eigenvalue weighted by Crippen LogP contribution is -2.33. The van der Waals surface area contributed by atoms with E-state index in [4.69, 9.17) is 5.26 Å². The first kappa shape index (κ1) is 16.1. The van der Waals surface area contributed by atoms with Gasteiger partial charge in [-0.3, -0.25) is 9.78 Å². The Morgan fingerprint density at radius 1 is 1.33 bits per heavy atom. The van der Waals surface area contributed by atoms with Gasteiger partial charge in [0.05, 0.1) is 24.7 Å². The van der Waals surface area contributed by atoms with Crippen molar-refractivity contribution >= 4 is 5.91 Å². The van der Waals surface area contributed by atoms with E-state index in [0.717, 1.165) is 17.7 Å². The molecule has 5 heteroatoms. The van der Waals surface area contributed by atoms with Gasteiger partial charge in [-0.2, -0.15) is 5.26 Å². The number of pyridine rings is 1. The molecule has 0 bridgehead atoms. The summed E-state index contributed by atoms with van der Waals surface area (Å²) in [5, 5.41) is 8.83. The first-order valence-electron chi connectivity index (χ1n) is 8.00. The Hall–Kier alpha value is -2.74. The van der Waals surface area contributed by atoms with Gasteiger partial charge in [0, 0.05) is 18.7 Å². The summed E-state index contributed by atoms with van der Waals surface area (Å²) in [6, 6.07) is 14.1. The zero-order valence-electron chi connectivity index (χ0n) is 13.2. The van der Waals surface area contributed by atoms with Crippen LogP contribution in [0.5, 0.6) is 0 Å². The van der Waals surface area contributed by atoms with Crippen LogP contribution in [-0.2, 0) is 11.3 Å². The molecule has 122 valence electrons. The van der Waals surface area contributed by atoms with E-state index < -0.39 is 0 Å². The van der Waals surface area contributed by atoms with Crippen molar-refractivity contribution in [3.63, 3.8) is 0 Å². The van der Waals surface area contributed by atoms with Gasteiger partial charge in [0.2, 0.25) is 5.91 Å². The molecule has 4 nitrogen and oxygen atoms in total. The molecule has 0 unspecified atom stereocenters. The van der Waals surface area contributed by atoms with Crippen molar-refractivity contribution in [2.24, 2.45) is 5.92 Å². The molecule has 3 rings (SSSR count). The molecule has 1 saturated carbocycles. The van der Waals surface area contributed by atoms with Gasteiger partial charge in [0.1, 0.15) is 5.82 Å². The Morgan fingerprint density at radius 2 is 2.21 bits per heavy atom. The number of halogens is 1. The van der Waals surface area contributed by atoms with Gasteiger partial charge in [0.15, 0.2) is 0 Å². The normalized spacial score (nSPS) is 18.7. The standard InChI is InChI=1S/C19H18FN3O/c20-15-6-3-5-14(11-15)17-12-18(17)19(24)23(10-4-8-21)13-16-7-1-2-9-22-16/h1-3,5-7,9,11,17-18H,4,10,12-13H2/t17-,18-/m0/s1. The van der Waals surface area contributed by atoms with Crippen molar-refractivity contribution in [2.75, 3.05) is 6.54 Å². The van der Waals surface area contributed by atoms with E-state index in [-0.39, 0.29) is 30.0 Å². The van der Waals surface area contributed by atoms with Gasteiger partial charge < -0.3 is 4.90 Å². The minimum atomic E-state index is -0.277. The highest BCUT2D eigenvalue weighted by molar-refractivity contribution is 5.83. The Bertz CT molecular complexity index is 757. The highest BCUT2D eigenvalue weighted by Crippen LogP contribution is 2.48. The van der Waals surface area contributed by atoms with Crippen molar-refractivity contribution in [1.29, 1.82) is 5.26 Å². The third-order valence-electron chi connectivity index (χ3n) is 4.27. The van der Waals surface area contributed by atoms with E-state index in [0.29, 0.717) is 13.1 Å². The topological polar surface area (TPSA) is 57.0 Å². The summed E-state index contributed by atoms with van der Waals surface area (Å²) in [5.41, 5.74) is 1.66. The van der Waals surface area contributed by atoms with Crippen LogP contribution in [-0.4, -0.2) is 22.3 Å². The first-order chi connectivity index (χ1) is 11.7. The summed E-state index contributed by atoms with van der Waals surface area (Å²) in [6.07, 6.45) is 2.71. The van der Waals surface area contributed by atoms with Crippen LogP contribution < -0.4 is 0 Å². The maximum absolute atomic E-state index is 13.4. The Balaban J connectivity index is 1.69. The van der Waals surface area contributed by atoms with E-state index in [9.17, 15) is 9.18 Å². The van der Waals surface area contributed by atoms with Gasteiger partial charge in [-0.1, -0.05) is 18.2 Å². The molecule has 1 aliphatic carbocycles. The van der Waals surface area contributed by atoms with Crippen LogP contribution in [0.15, 0.2) is 48.7 Å². The molecule has 0 radical (unpaired) electrons. The molecule has 1 aromatic carbocycles. The summed E-state index contributed by atoms with van der Waals surface area (Å²) in [5.74, 6) is -0.318. The molecule has 0 aliphatic heterocycles. The van der Waals surface area contributed by atoms with E-state index >= 15 is 0 Å². The fraction of sp³-hybridized carbons (Fsp3) is 0.316. The first-order valence-corrected chi connectivity index (χ1v) is 8.00. The molecular weight excluding hydrogens is 305 g/mol. The fourth-order valence-corrected chi connectivity index (χ4v) is 2.95. The molecule has 1 aromatic heterocycles. The lowest BCUT2D eigenvalue weighted by molar-refractivity contribution is -0.133. The summed E-state index contributed by atoms with van der Waals surface area (Å²) >= 11 is 0. The molecular formula is C19H18FN3O. The second-order valence-electron chi connectivity index (χ2n) is 5.99. The van der Waals surface area contributed by atoms with Crippen molar-refractivity contribution in [2.45, 2.75) is 25.3 Å². The van der Waals surface area contributed by atoms with Crippen LogP contribution in [0.4, 0.5) is 4.39 Å². The summed E-state index contributed by atoms with van der Waals surface area (Å²) in [4.78, 5) is 18.7. The molecule has 0 spiro atoms. The molecule has 2 atom stereocenters. The molecule has 1 fully saturated rings. The van der Waals surface area contributed by atoms with Gasteiger partial charge >= 0.3 is 0 Å². The largest absolute Gasteiger partial charge is 0.336 e. The molecule has 1 heterocycles. The smallest absolute Gasteiger partial charge is 0.226 e. The molecule has 1 amide bonds. The second-order valence-corrected chi connectivity index (χ2v) is 5.99. The number of benzene rings is 1. The molecule has 0 saturated heterocycles. The van der Waals surface area contributed by atoms with Crippen molar-refractivity contribution in [3.8, 4) is 6.07 Å². The minimum Gasteiger partial charge on any atom is -0.336 e. The lowest BCUT2D eigenvalue weighted by atomic mass is 10.1. The maximum atomic E-state index is 13.4. The highest BCUT2D eigenvalue weighted by Gasteiger charge is 2.45. The van der Waals surface area contributed by atoms with Crippen LogP contribution in [0, 0.1) is 23.1 Å². The SMILES string of the molecule is N#CCCN(Cc1ccccn1)C(=O)[C@H]1C[C@H]1c1cccc(F)c1.